The lowest BCUT2D eigenvalue weighted by molar-refractivity contribution is -0.150. The molecule has 202 valence electrons. The summed E-state index contributed by atoms with van der Waals surface area (Å²) in [6.07, 6.45) is 4.96. The number of primary amides is 1. The van der Waals surface area contributed by atoms with Crippen molar-refractivity contribution in [2.45, 2.75) is 23.2 Å². The maximum absolute atomic E-state index is 12.6. The Hall–Kier alpha value is -3.92. The molecule has 5 heterocycles. The van der Waals surface area contributed by atoms with E-state index in [4.69, 9.17) is 10.2 Å². The first-order valence-electron chi connectivity index (χ1n) is 11.1. The van der Waals surface area contributed by atoms with Crippen LogP contribution < -0.4 is 11.1 Å². The molecule has 14 nitrogen and oxygen atoms in total. The fourth-order valence-corrected chi connectivity index (χ4v) is 6.26. The molecule has 1 aromatic heterocycles. The van der Waals surface area contributed by atoms with Gasteiger partial charge in [0.2, 0.25) is 11.6 Å². The molecular formula is C22H23N5O9S2. The van der Waals surface area contributed by atoms with Crippen molar-refractivity contribution < 1.29 is 43.1 Å². The molecule has 0 spiro atoms. The third-order valence-corrected chi connectivity index (χ3v) is 8.18. The molecule has 38 heavy (non-hydrogen) atoms. The number of furan rings is 1. The number of carbonyl (C=O) groups excluding carboxylic acids is 4. The number of carboxylic acid groups (broad SMARTS) is 1. The molecule has 4 amide bonds. The Morgan fingerprint density at radius 2 is 2.11 bits per heavy atom. The van der Waals surface area contributed by atoms with Crippen LogP contribution in [0.2, 0.25) is 0 Å². The van der Waals surface area contributed by atoms with Gasteiger partial charge in [0, 0.05) is 23.3 Å². The van der Waals surface area contributed by atoms with Gasteiger partial charge in [0.05, 0.1) is 18.1 Å². The predicted molar refractivity (Wildman–Crippen MR) is 134 cm³/mol. The van der Waals surface area contributed by atoms with E-state index in [1.54, 1.807) is 11.0 Å². The van der Waals surface area contributed by atoms with E-state index in [1.807, 2.05) is 24.0 Å². The summed E-state index contributed by atoms with van der Waals surface area (Å²) in [6.45, 7) is -0.347. The van der Waals surface area contributed by atoms with Crippen LogP contribution in [0.25, 0.3) is 0 Å². The molecule has 2 fully saturated rings. The quantitative estimate of drug-likeness (QED) is 0.233. The SMILES string of the molecule is CO/N=C(/C(=O)N[C@@H]1C(=O)N2C(C(=O)O)=C(COC(N)=O)CS[C@H]12)c1ccco1.O=C1C[C@H]2SCC=CN12. The number of nitrogens with zero attached hydrogens (tertiary/aromatic N) is 3. The van der Waals surface area contributed by atoms with E-state index in [1.165, 1.54) is 31.2 Å². The van der Waals surface area contributed by atoms with Gasteiger partial charge >= 0.3 is 12.1 Å². The summed E-state index contributed by atoms with van der Waals surface area (Å²) in [4.78, 5) is 65.8. The van der Waals surface area contributed by atoms with Gasteiger partial charge in [-0.25, -0.2) is 9.59 Å². The van der Waals surface area contributed by atoms with Crippen LogP contribution in [0.5, 0.6) is 0 Å². The second-order valence-corrected chi connectivity index (χ2v) is 10.3. The number of β-lactam (4-membered cyclic amide) rings is 2. The van der Waals surface area contributed by atoms with E-state index in [2.05, 4.69) is 20.0 Å². The number of carboxylic acids is 1. The fraction of sp³-hybridized carbons (Fsp3) is 0.364. The van der Waals surface area contributed by atoms with Crippen molar-refractivity contribution >= 4 is 59.0 Å². The number of carbonyl (C=O) groups is 5. The number of fused-ring (bicyclic) bond motifs is 2. The van der Waals surface area contributed by atoms with E-state index in [9.17, 15) is 29.1 Å². The highest BCUT2D eigenvalue weighted by Crippen LogP contribution is 2.40. The zero-order valence-electron chi connectivity index (χ0n) is 19.9. The van der Waals surface area contributed by atoms with E-state index in [0.717, 1.165) is 17.1 Å². The van der Waals surface area contributed by atoms with Gasteiger partial charge in [-0.15, -0.1) is 23.5 Å². The van der Waals surface area contributed by atoms with Gasteiger partial charge in [-0.1, -0.05) is 11.2 Å². The Morgan fingerprint density at radius 3 is 2.68 bits per heavy atom. The van der Waals surface area contributed by atoms with Crippen LogP contribution >= 0.6 is 23.5 Å². The minimum Gasteiger partial charge on any atom is -0.477 e. The molecule has 4 aliphatic rings. The number of hydrogen-bond acceptors (Lipinski definition) is 11. The van der Waals surface area contributed by atoms with Crippen LogP contribution in [0.3, 0.4) is 0 Å². The number of oxime groups is 1. The number of nitrogens with one attached hydrogen (secondary N) is 1. The summed E-state index contributed by atoms with van der Waals surface area (Å²) in [5, 5.41) is 15.5. The van der Waals surface area contributed by atoms with Gasteiger partial charge in [0.1, 0.15) is 30.8 Å². The van der Waals surface area contributed by atoms with Gasteiger partial charge in [-0.2, -0.15) is 0 Å². The lowest BCUT2D eigenvalue weighted by Gasteiger charge is -2.49. The first-order valence-corrected chi connectivity index (χ1v) is 13.2. The zero-order valence-corrected chi connectivity index (χ0v) is 21.5. The largest absolute Gasteiger partial charge is 0.477 e. The number of hydrogen-bond donors (Lipinski definition) is 3. The van der Waals surface area contributed by atoms with E-state index in [0.29, 0.717) is 5.37 Å². The topological polar surface area (TPSA) is 194 Å². The second kappa shape index (κ2) is 11.6. The molecule has 0 saturated carbocycles. The molecule has 0 aromatic carbocycles. The lowest BCUT2D eigenvalue weighted by Crippen LogP contribution is -2.71. The maximum atomic E-state index is 12.6. The summed E-state index contributed by atoms with van der Waals surface area (Å²) in [7, 11) is 1.25. The van der Waals surface area contributed by atoms with Crippen LogP contribution in [0, 0.1) is 0 Å². The van der Waals surface area contributed by atoms with E-state index < -0.39 is 35.3 Å². The monoisotopic (exact) mass is 565 g/mol. The highest BCUT2D eigenvalue weighted by atomic mass is 32.2. The van der Waals surface area contributed by atoms with Crippen molar-refractivity contribution in [1.29, 1.82) is 0 Å². The summed E-state index contributed by atoms with van der Waals surface area (Å²) in [6, 6.07) is 2.08. The number of amides is 4. The van der Waals surface area contributed by atoms with Crippen molar-refractivity contribution in [2.75, 3.05) is 25.2 Å². The van der Waals surface area contributed by atoms with Crippen molar-refractivity contribution in [3.8, 4) is 0 Å². The molecule has 3 atom stereocenters. The summed E-state index contributed by atoms with van der Waals surface area (Å²) >= 11 is 3.05. The minimum absolute atomic E-state index is 0.140. The van der Waals surface area contributed by atoms with Crippen LogP contribution in [0.4, 0.5) is 4.79 Å². The van der Waals surface area contributed by atoms with Crippen LogP contribution in [-0.4, -0.2) is 92.4 Å². The average molecular weight is 566 g/mol. The Bertz CT molecular complexity index is 1230. The van der Waals surface area contributed by atoms with Crippen molar-refractivity contribution in [2.24, 2.45) is 10.9 Å². The summed E-state index contributed by atoms with van der Waals surface area (Å²) in [5.74, 6) is -1.05. The third-order valence-electron chi connectivity index (χ3n) is 5.68. The predicted octanol–water partition coefficient (Wildman–Crippen LogP) is 0.269. The molecule has 2 saturated heterocycles. The summed E-state index contributed by atoms with van der Waals surface area (Å²) < 4.78 is 9.79. The standard InChI is InChI=1S/C16H16N4O8S.C6H7NOS/c1-26-19-9(8-3-2-4-27-8)12(21)18-10-13(22)20-11(15(23)24)7(5-28-16(17)25)6-29-14(10)20;8-5-4-6-7(5)2-1-3-9-6/h2-4,10,14H,5-6H2,1H3,(H2,17,25)(H,18,21)(H,23,24);1-2,6H,3-4H2/b19-9+;/t10-,14-;6-/m11/s1. The highest BCUT2D eigenvalue weighted by molar-refractivity contribution is 8.00. The number of aliphatic carboxylic acids is 1. The number of rotatable bonds is 7. The van der Waals surface area contributed by atoms with Crippen molar-refractivity contribution in [3.63, 3.8) is 0 Å². The van der Waals surface area contributed by atoms with Gasteiger partial charge in [0.25, 0.3) is 11.8 Å². The first kappa shape index (κ1) is 27.1. The van der Waals surface area contributed by atoms with E-state index >= 15 is 0 Å². The highest BCUT2D eigenvalue weighted by Gasteiger charge is 2.54. The molecule has 4 N–H and O–H groups in total. The Kier molecular flexibility index (Phi) is 8.31. The Balaban J connectivity index is 0.000000311. The average Bonchev–Trinajstić information content (AvgIpc) is 3.42. The van der Waals surface area contributed by atoms with Gasteiger partial charge in [0.15, 0.2) is 5.76 Å². The molecule has 0 unspecified atom stereocenters. The molecule has 0 aliphatic carbocycles. The molecule has 0 bridgehead atoms. The molecule has 1 aromatic rings. The number of thioether (sulfide) groups is 2. The van der Waals surface area contributed by atoms with Crippen molar-refractivity contribution in [1.82, 2.24) is 15.1 Å². The van der Waals surface area contributed by atoms with Gasteiger partial charge < -0.3 is 35.0 Å². The third kappa shape index (κ3) is 5.50. The van der Waals surface area contributed by atoms with Gasteiger partial charge in [-0.05, 0) is 12.1 Å². The fourth-order valence-electron chi connectivity index (χ4n) is 3.91. The Labute approximate surface area is 224 Å². The van der Waals surface area contributed by atoms with Crippen LogP contribution in [0.1, 0.15) is 12.2 Å². The lowest BCUT2D eigenvalue weighted by atomic mass is 10.0. The molecule has 5 rings (SSSR count). The van der Waals surface area contributed by atoms with Crippen molar-refractivity contribution in [3.05, 3.63) is 47.7 Å². The minimum atomic E-state index is -1.35. The normalized spacial score (nSPS) is 23.7. The zero-order chi connectivity index (χ0) is 27.4. The maximum Gasteiger partial charge on any atom is 0.404 e. The Morgan fingerprint density at radius 1 is 1.32 bits per heavy atom. The van der Waals surface area contributed by atoms with Crippen LogP contribution in [-0.2, 0) is 28.8 Å². The smallest absolute Gasteiger partial charge is 0.404 e. The van der Waals surface area contributed by atoms with Gasteiger partial charge in [-0.3, -0.25) is 19.3 Å². The number of nitrogens with two attached hydrogens (primary N) is 1. The number of ether oxygens (including phenoxy) is 1. The van der Waals surface area contributed by atoms with Crippen LogP contribution in [0.15, 0.2) is 51.5 Å². The first-order chi connectivity index (χ1) is 18.2. The second-order valence-electron chi connectivity index (χ2n) is 8.00. The molecular weight excluding hydrogens is 542 g/mol. The molecule has 4 aliphatic heterocycles. The molecule has 16 heteroatoms. The summed E-state index contributed by atoms with van der Waals surface area (Å²) in [5.41, 5.74) is 4.68. The molecule has 0 radical (unpaired) electrons. The van der Waals surface area contributed by atoms with E-state index in [-0.39, 0.29) is 41.0 Å².